The lowest BCUT2D eigenvalue weighted by atomic mass is 9.99. The molecular formula is C24H26N2OS. The number of carbonyl (C=O) groups excluding carboxylic acids is 1. The van der Waals surface area contributed by atoms with Crippen LogP contribution in [0.3, 0.4) is 0 Å². The second kappa shape index (κ2) is 8.70. The van der Waals surface area contributed by atoms with Crippen molar-refractivity contribution >= 4 is 34.1 Å². The molecule has 0 fully saturated rings. The maximum atomic E-state index is 12.6. The van der Waals surface area contributed by atoms with E-state index < -0.39 is 0 Å². The summed E-state index contributed by atoms with van der Waals surface area (Å²) >= 11 is 1.76. The first-order valence-electron chi connectivity index (χ1n) is 9.91. The van der Waals surface area contributed by atoms with Crippen LogP contribution in [0.1, 0.15) is 30.4 Å². The lowest BCUT2D eigenvalue weighted by molar-refractivity contribution is -0.130. The van der Waals surface area contributed by atoms with Crippen molar-refractivity contribution in [2.24, 2.45) is 0 Å². The molecule has 3 nitrogen and oxygen atoms in total. The van der Waals surface area contributed by atoms with Gasteiger partial charge in [-0.05, 0) is 48.3 Å². The summed E-state index contributed by atoms with van der Waals surface area (Å²) in [6.07, 6.45) is 9.79. The van der Waals surface area contributed by atoms with Crippen molar-refractivity contribution in [2.45, 2.75) is 30.6 Å². The molecule has 2 heterocycles. The summed E-state index contributed by atoms with van der Waals surface area (Å²) in [6.45, 7) is 1.55. The molecule has 1 aliphatic heterocycles. The molecule has 144 valence electrons. The standard InChI is InChI=1S/C24H26N2OS/c1-28-22-11-6-10-21-20(17-25-24(21)22)9-5-12-23(27)26-15-13-19(14-16-26)18-7-3-2-4-8-18/h2-4,6-8,10-11,13,17,25H,5,9,12,14-16H2,1H3. The number of rotatable bonds is 6. The van der Waals surface area contributed by atoms with E-state index in [-0.39, 0.29) is 5.91 Å². The number of hydrogen-bond donors (Lipinski definition) is 1. The number of aryl methyl sites for hydroxylation is 1. The van der Waals surface area contributed by atoms with Crippen LogP contribution in [0.4, 0.5) is 0 Å². The van der Waals surface area contributed by atoms with E-state index in [9.17, 15) is 4.79 Å². The van der Waals surface area contributed by atoms with Crippen LogP contribution in [0.5, 0.6) is 0 Å². The Kier molecular flexibility index (Phi) is 5.87. The Balaban J connectivity index is 1.32. The Morgan fingerprint density at radius 2 is 2.00 bits per heavy atom. The van der Waals surface area contributed by atoms with E-state index in [4.69, 9.17) is 0 Å². The van der Waals surface area contributed by atoms with Gasteiger partial charge < -0.3 is 9.88 Å². The summed E-state index contributed by atoms with van der Waals surface area (Å²) in [6, 6.07) is 16.9. The van der Waals surface area contributed by atoms with Gasteiger partial charge in [0.1, 0.15) is 0 Å². The number of amides is 1. The third-order valence-electron chi connectivity index (χ3n) is 5.53. The van der Waals surface area contributed by atoms with E-state index >= 15 is 0 Å². The van der Waals surface area contributed by atoms with Gasteiger partial charge in [-0.15, -0.1) is 11.8 Å². The fourth-order valence-corrected chi connectivity index (χ4v) is 4.55. The molecule has 0 atom stereocenters. The Morgan fingerprint density at radius 1 is 1.14 bits per heavy atom. The number of hydrogen-bond acceptors (Lipinski definition) is 2. The molecule has 0 saturated heterocycles. The van der Waals surface area contributed by atoms with Crippen LogP contribution in [0.25, 0.3) is 16.5 Å². The topological polar surface area (TPSA) is 36.1 Å². The van der Waals surface area contributed by atoms with Gasteiger partial charge >= 0.3 is 0 Å². The zero-order valence-electron chi connectivity index (χ0n) is 16.3. The third kappa shape index (κ3) is 4.02. The molecule has 0 aliphatic carbocycles. The third-order valence-corrected chi connectivity index (χ3v) is 6.31. The number of nitrogens with zero attached hydrogens (tertiary/aromatic N) is 1. The maximum Gasteiger partial charge on any atom is 0.222 e. The molecule has 4 rings (SSSR count). The van der Waals surface area contributed by atoms with Gasteiger partial charge in [0.15, 0.2) is 0 Å². The average Bonchev–Trinajstić information content (AvgIpc) is 3.17. The van der Waals surface area contributed by atoms with Crippen LogP contribution < -0.4 is 0 Å². The number of aromatic amines is 1. The number of fused-ring (bicyclic) bond motifs is 1. The van der Waals surface area contributed by atoms with E-state index in [1.54, 1.807) is 11.8 Å². The van der Waals surface area contributed by atoms with Crippen molar-refractivity contribution in [3.05, 3.63) is 71.9 Å². The summed E-state index contributed by atoms with van der Waals surface area (Å²) in [4.78, 5) is 19.3. The van der Waals surface area contributed by atoms with Crippen LogP contribution in [0, 0.1) is 0 Å². The lowest BCUT2D eigenvalue weighted by Crippen LogP contribution is -2.34. The predicted octanol–water partition coefficient (Wildman–Crippen LogP) is 5.53. The summed E-state index contributed by atoms with van der Waals surface area (Å²) in [5, 5.41) is 1.28. The van der Waals surface area contributed by atoms with E-state index in [2.05, 4.69) is 66.0 Å². The van der Waals surface area contributed by atoms with Crippen LogP contribution in [-0.4, -0.2) is 35.1 Å². The highest BCUT2D eigenvalue weighted by atomic mass is 32.2. The van der Waals surface area contributed by atoms with E-state index in [0.29, 0.717) is 6.42 Å². The number of H-pyrrole nitrogens is 1. The van der Waals surface area contributed by atoms with Gasteiger partial charge in [0.05, 0.1) is 5.52 Å². The molecule has 1 N–H and O–H groups in total. The normalized spacial score (nSPS) is 14.3. The Labute approximate surface area is 170 Å². The number of nitrogens with one attached hydrogen (secondary N) is 1. The Bertz CT molecular complexity index is 990. The van der Waals surface area contributed by atoms with Crippen molar-refractivity contribution in [2.75, 3.05) is 19.3 Å². The molecule has 0 radical (unpaired) electrons. The lowest BCUT2D eigenvalue weighted by Gasteiger charge is -2.26. The number of aromatic nitrogens is 1. The quantitative estimate of drug-likeness (QED) is 0.562. The second-order valence-electron chi connectivity index (χ2n) is 7.24. The van der Waals surface area contributed by atoms with Gasteiger partial charge in [0, 0.05) is 36.0 Å². The van der Waals surface area contributed by atoms with Gasteiger partial charge in [-0.25, -0.2) is 0 Å². The summed E-state index contributed by atoms with van der Waals surface area (Å²) < 4.78 is 0. The molecule has 2 aromatic carbocycles. The minimum Gasteiger partial charge on any atom is -0.360 e. The molecule has 0 unspecified atom stereocenters. The van der Waals surface area contributed by atoms with Crippen molar-refractivity contribution in [3.8, 4) is 0 Å². The van der Waals surface area contributed by atoms with E-state index in [0.717, 1.165) is 32.4 Å². The first-order valence-corrected chi connectivity index (χ1v) is 11.1. The van der Waals surface area contributed by atoms with Gasteiger partial charge in [-0.3, -0.25) is 4.79 Å². The van der Waals surface area contributed by atoms with Crippen LogP contribution in [-0.2, 0) is 11.2 Å². The number of thioether (sulfide) groups is 1. The molecule has 3 aromatic rings. The van der Waals surface area contributed by atoms with Crippen LogP contribution in [0.15, 0.2) is 65.7 Å². The molecule has 0 spiro atoms. The summed E-state index contributed by atoms with van der Waals surface area (Å²) in [7, 11) is 0. The molecule has 28 heavy (non-hydrogen) atoms. The molecular weight excluding hydrogens is 364 g/mol. The highest BCUT2D eigenvalue weighted by Crippen LogP contribution is 2.28. The number of benzene rings is 2. The van der Waals surface area contributed by atoms with Gasteiger partial charge in [0.25, 0.3) is 0 Å². The predicted molar refractivity (Wildman–Crippen MR) is 119 cm³/mol. The first kappa shape index (κ1) is 18.9. The van der Waals surface area contributed by atoms with Gasteiger partial charge in [-0.2, -0.15) is 0 Å². The average molecular weight is 391 g/mol. The zero-order chi connectivity index (χ0) is 19.3. The largest absolute Gasteiger partial charge is 0.360 e. The fraction of sp³-hybridized carbons (Fsp3) is 0.292. The zero-order valence-corrected chi connectivity index (χ0v) is 17.1. The van der Waals surface area contributed by atoms with Crippen molar-refractivity contribution in [3.63, 3.8) is 0 Å². The van der Waals surface area contributed by atoms with E-state index in [1.807, 2.05) is 11.0 Å². The summed E-state index contributed by atoms with van der Waals surface area (Å²) in [5.41, 5.74) is 5.15. The molecule has 1 amide bonds. The van der Waals surface area contributed by atoms with Gasteiger partial charge in [-0.1, -0.05) is 48.5 Å². The van der Waals surface area contributed by atoms with Gasteiger partial charge in [0.2, 0.25) is 5.91 Å². The smallest absolute Gasteiger partial charge is 0.222 e. The SMILES string of the molecule is CSc1cccc2c(CCCC(=O)N3CC=C(c4ccccc4)CC3)c[nH]c12. The van der Waals surface area contributed by atoms with Crippen molar-refractivity contribution in [1.82, 2.24) is 9.88 Å². The van der Waals surface area contributed by atoms with E-state index in [1.165, 1.54) is 32.5 Å². The fourth-order valence-electron chi connectivity index (χ4n) is 3.96. The highest BCUT2D eigenvalue weighted by Gasteiger charge is 2.17. The molecule has 4 heteroatoms. The molecule has 0 bridgehead atoms. The van der Waals surface area contributed by atoms with Crippen LogP contribution >= 0.6 is 11.8 Å². The first-order chi connectivity index (χ1) is 13.8. The molecule has 1 aliphatic rings. The molecule has 1 aromatic heterocycles. The second-order valence-corrected chi connectivity index (χ2v) is 8.08. The monoisotopic (exact) mass is 390 g/mol. The Hall–Kier alpha value is -2.46. The minimum atomic E-state index is 0.271. The number of carbonyl (C=O) groups is 1. The number of para-hydroxylation sites is 1. The Morgan fingerprint density at radius 3 is 2.75 bits per heavy atom. The maximum absolute atomic E-state index is 12.6. The van der Waals surface area contributed by atoms with Crippen molar-refractivity contribution in [1.29, 1.82) is 0 Å². The van der Waals surface area contributed by atoms with Crippen LogP contribution in [0.2, 0.25) is 0 Å². The molecule has 0 saturated carbocycles. The highest BCUT2D eigenvalue weighted by molar-refractivity contribution is 7.98. The van der Waals surface area contributed by atoms with Crippen molar-refractivity contribution < 1.29 is 4.79 Å². The minimum absolute atomic E-state index is 0.271. The summed E-state index contributed by atoms with van der Waals surface area (Å²) in [5.74, 6) is 0.271.